The fraction of sp³-hybridized carbons (Fsp3) is 0.176. The van der Waals surface area contributed by atoms with Crippen molar-refractivity contribution < 1.29 is 14.8 Å². The summed E-state index contributed by atoms with van der Waals surface area (Å²) in [6, 6.07) is 16.8. The molecule has 0 heterocycles. The Morgan fingerprint density at radius 1 is 1.17 bits per heavy atom. The van der Waals surface area contributed by atoms with Crippen molar-refractivity contribution in [2.75, 3.05) is 0 Å². The Hall–Kier alpha value is -3.20. The van der Waals surface area contributed by atoms with Gasteiger partial charge < -0.3 is 5.11 Å². The van der Waals surface area contributed by atoms with E-state index in [1.165, 1.54) is 18.2 Å². The van der Waals surface area contributed by atoms with Crippen LogP contribution < -0.4 is 0 Å². The van der Waals surface area contributed by atoms with E-state index in [4.69, 9.17) is 0 Å². The SMILES string of the molecule is N#CC(c1ccccc1)C(CC(=O)O)c1cccc([N+](=O)[O-])c1. The van der Waals surface area contributed by atoms with Gasteiger partial charge in [0.2, 0.25) is 0 Å². The number of non-ortho nitro benzene ring substituents is 1. The van der Waals surface area contributed by atoms with Crippen molar-refractivity contribution in [3.05, 3.63) is 75.8 Å². The fourth-order valence-electron chi connectivity index (χ4n) is 2.54. The van der Waals surface area contributed by atoms with Gasteiger partial charge in [-0.3, -0.25) is 14.9 Å². The quantitative estimate of drug-likeness (QED) is 0.650. The van der Waals surface area contributed by atoms with Crippen molar-refractivity contribution in [1.82, 2.24) is 0 Å². The van der Waals surface area contributed by atoms with Crippen LogP contribution in [0.1, 0.15) is 29.4 Å². The van der Waals surface area contributed by atoms with Crippen molar-refractivity contribution in [3.8, 4) is 6.07 Å². The second-order valence-electron chi connectivity index (χ2n) is 5.07. The standard InChI is InChI=1S/C17H14N2O4/c18-11-16(12-5-2-1-3-6-12)15(10-17(20)21)13-7-4-8-14(9-13)19(22)23/h1-9,15-16H,10H2,(H,20,21). The van der Waals surface area contributed by atoms with Gasteiger partial charge in [-0.2, -0.15) is 5.26 Å². The number of carbonyl (C=O) groups is 1. The number of nitro groups is 1. The fourth-order valence-corrected chi connectivity index (χ4v) is 2.54. The van der Waals surface area contributed by atoms with Crippen molar-refractivity contribution in [2.24, 2.45) is 0 Å². The molecule has 6 heteroatoms. The third-order valence-corrected chi connectivity index (χ3v) is 3.60. The average Bonchev–Trinajstić information content (AvgIpc) is 2.55. The topological polar surface area (TPSA) is 104 Å². The maximum Gasteiger partial charge on any atom is 0.304 e. The lowest BCUT2D eigenvalue weighted by molar-refractivity contribution is -0.384. The molecule has 1 N–H and O–H groups in total. The zero-order chi connectivity index (χ0) is 16.8. The minimum Gasteiger partial charge on any atom is -0.481 e. The summed E-state index contributed by atoms with van der Waals surface area (Å²) in [6.45, 7) is 0. The molecule has 0 aliphatic heterocycles. The molecule has 0 radical (unpaired) electrons. The first kappa shape index (κ1) is 16.2. The molecule has 0 aliphatic carbocycles. The predicted octanol–water partition coefficient (Wildman–Crippen LogP) is 3.46. The number of rotatable bonds is 6. The summed E-state index contributed by atoms with van der Waals surface area (Å²) >= 11 is 0. The van der Waals surface area contributed by atoms with Gasteiger partial charge in [0, 0.05) is 18.1 Å². The van der Waals surface area contributed by atoms with E-state index in [1.54, 1.807) is 36.4 Å². The Kier molecular flexibility index (Phi) is 5.05. The second kappa shape index (κ2) is 7.18. The van der Waals surface area contributed by atoms with Gasteiger partial charge in [0.05, 0.1) is 23.3 Å². The molecule has 2 aromatic rings. The summed E-state index contributed by atoms with van der Waals surface area (Å²) in [5.41, 5.74) is 1.03. The lowest BCUT2D eigenvalue weighted by Crippen LogP contribution is -2.14. The molecule has 0 spiro atoms. The van der Waals surface area contributed by atoms with Gasteiger partial charge in [0.15, 0.2) is 0 Å². The summed E-state index contributed by atoms with van der Waals surface area (Å²) < 4.78 is 0. The van der Waals surface area contributed by atoms with Crippen LogP contribution in [0.2, 0.25) is 0 Å². The van der Waals surface area contributed by atoms with E-state index in [-0.39, 0.29) is 12.1 Å². The van der Waals surface area contributed by atoms with Crippen molar-refractivity contribution >= 4 is 11.7 Å². The first-order valence-electron chi connectivity index (χ1n) is 6.93. The van der Waals surface area contributed by atoms with Gasteiger partial charge in [-0.1, -0.05) is 42.5 Å². The Morgan fingerprint density at radius 2 is 1.83 bits per heavy atom. The minimum atomic E-state index is -1.06. The molecule has 2 rings (SSSR count). The molecule has 23 heavy (non-hydrogen) atoms. The van der Waals surface area contributed by atoms with Gasteiger partial charge in [-0.25, -0.2) is 0 Å². The molecular formula is C17H14N2O4. The number of carboxylic acids is 1. The van der Waals surface area contributed by atoms with E-state index in [1.807, 2.05) is 0 Å². The molecule has 2 unspecified atom stereocenters. The van der Waals surface area contributed by atoms with Gasteiger partial charge in [0.1, 0.15) is 0 Å². The highest BCUT2D eigenvalue weighted by Crippen LogP contribution is 2.36. The van der Waals surface area contributed by atoms with Crippen LogP contribution in [0.15, 0.2) is 54.6 Å². The van der Waals surface area contributed by atoms with Crippen LogP contribution >= 0.6 is 0 Å². The summed E-state index contributed by atoms with van der Waals surface area (Å²) in [4.78, 5) is 21.6. The minimum absolute atomic E-state index is 0.123. The smallest absolute Gasteiger partial charge is 0.304 e. The van der Waals surface area contributed by atoms with Crippen molar-refractivity contribution in [1.29, 1.82) is 5.26 Å². The van der Waals surface area contributed by atoms with Gasteiger partial charge in [-0.15, -0.1) is 0 Å². The highest BCUT2D eigenvalue weighted by atomic mass is 16.6. The van der Waals surface area contributed by atoms with Crippen LogP contribution in [0.3, 0.4) is 0 Å². The number of carboxylic acid groups (broad SMARTS) is 1. The third-order valence-electron chi connectivity index (χ3n) is 3.60. The summed E-state index contributed by atoms with van der Waals surface area (Å²) in [5.74, 6) is -2.42. The Bertz CT molecular complexity index is 753. The monoisotopic (exact) mass is 310 g/mol. The number of nitro benzene ring substituents is 1. The lowest BCUT2D eigenvalue weighted by atomic mass is 9.80. The van der Waals surface area contributed by atoms with Crippen LogP contribution in [-0.2, 0) is 4.79 Å². The lowest BCUT2D eigenvalue weighted by Gasteiger charge is -2.21. The number of benzene rings is 2. The van der Waals surface area contributed by atoms with E-state index >= 15 is 0 Å². The number of nitrogens with zero attached hydrogens (tertiary/aromatic N) is 2. The molecule has 0 saturated carbocycles. The van der Waals surface area contributed by atoms with Crippen LogP contribution in [0, 0.1) is 21.4 Å². The van der Waals surface area contributed by atoms with E-state index < -0.39 is 22.7 Å². The first-order valence-corrected chi connectivity index (χ1v) is 6.93. The first-order chi connectivity index (χ1) is 11.0. The molecule has 2 aromatic carbocycles. The molecular weight excluding hydrogens is 296 g/mol. The van der Waals surface area contributed by atoms with Crippen LogP contribution in [0.4, 0.5) is 5.69 Å². The molecule has 0 amide bonds. The maximum atomic E-state index is 11.2. The second-order valence-corrected chi connectivity index (χ2v) is 5.07. The van der Waals surface area contributed by atoms with Gasteiger partial charge >= 0.3 is 5.97 Å². The predicted molar refractivity (Wildman–Crippen MR) is 82.9 cm³/mol. The Labute approximate surface area is 132 Å². The Morgan fingerprint density at radius 3 is 2.39 bits per heavy atom. The van der Waals surface area contributed by atoms with Gasteiger partial charge in [0.25, 0.3) is 5.69 Å². The summed E-state index contributed by atoms with van der Waals surface area (Å²) in [5, 5.41) is 29.6. The normalized spacial score (nSPS) is 12.8. The van der Waals surface area contributed by atoms with Crippen LogP contribution in [0.25, 0.3) is 0 Å². The van der Waals surface area contributed by atoms with Crippen LogP contribution in [0.5, 0.6) is 0 Å². The molecule has 0 fully saturated rings. The molecule has 116 valence electrons. The molecule has 0 bridgehead atoms. The zero-order valence-electron chi connectivity index (χ0n) is 12.1. The number of hydrogen-bond acceptors (Lipinski definition) is 4. The average molecular weight is 310 g/mol. The highest BCUT2D eigenvalue weighted by molar-refractivity contribution is 5.68. The molecule has 0 aliphatic rings. The largest absolute Gasteiger partial charge is 0.481 e. The third kappa shape index (κ3) is 3.92. The number of hydrogen-bond donors (Lipinski definition) is 1. The summed E-state index contributed by atoms with van der Waals surface area (Å²) in [7, 11) is 0. The van der Waals surface area contributed by atoms with E-state index in [9.17, 15) is 25.3 Å². The van der Waals surface area contributed by atoms with E-state index in [0.717, 1.165) is 0 Å². The zero-order valence-corrected chi connectivity index (χ0v) is 12.1. The molecule has 2 atom stereocenters. The van der Waals surface area contributed by atoms with Crippen LogP contribution in [-0.4, -0.2) is 16.0 Å². The van der Waals surface area contributed by atoms with Gasteiger partial charge in [-0.05, 0) is 11.1 Å². The summed E-state index contributed by atoms with van der Waals surface area (Å²) in [6.07, 6.45) is -0.283. The van der Waals surface area contributed by atoms with E-state index in [2.05, 4.69) is 6.07 Å². The van der Waals surface area contributed by atoms with E-state index in [0.29, 0.717) is 11.1 Å². The van der Waals surface area contributed by atoms with Crippen molar-refractivity contribution in [2.45, 2.75) is 18.3 Å². The molecule has 0 aromatic heterocycles. The number of aliphatic carboxylic acids is 1. The van der Waals surface area contributed by atoms with Crippen molar-refractivity contribution in [3.63, 3.8) is 0 Å². The maximum absolute atomic E-state index is 11.2. The number of nitriles is 1. The molecule has 6 nitrogen and oxygen atoms in total. The molecule has 0 saturated heterocycles. The Balaban J connectivity index is 2.48. The highest BCUT2D eigenvalue weighted by Gasteiger charge is 2.28.